The molecule has 8 nitrogen and oxygen atoms in total. The Kier molecular flexibility index (Phi) is 7.72. The van der Waals surface area contributed by atoms with Crippen LogP contribution in [0.5, 0.6) is 0 Å². The van der Waals surface area contributed by atoms with Crippen LogP contribution < -0.4 is 0 Å². The minimum Gasteiger partial charge on any atom is -0.466 e. The van der Waals surface area contributed by atoms with Crippen LogP contribution in [-0.4, -0.2) is 87.1 Å². The lowest BCUT2D eigenvalue weighted by molar-refractivity contribution is -0.156. The number of rotatable bonds is 10. The van der Waals surface area contributed by atoms with Crippen molar-refractivity contribution in [2.75, 3.05) is 19.8 Å². The molecule has 0 radical (unpaired) electrons. The van der Waals surface area contributed by atoms with Gasteiger partial charge in [0.2, 0.25) is 11.8 Å². The van der Waals surface area contributed by atoms with Gasteiger partial charge in [-0.15, -0.1) is 6.58 Å². The Bertz CT molecular complexity index is 763. The Morgan fingerprint density at radius 3 is 2.69 bits per heavy atom. The van der Waals surface area contributed by atoms with Gasteiger partial charge in [0, 0.05) is 17.4 Å². The highest BCUT2D eigenvalue weighted by Crippen LogP contribution is 2.60. The number of carbonyl (C=O) groups is 3. The van der Waals surface area contributed by atoms with E-state index in [-0.39, 0.29) is 35.9 Å². The topological polar surface area (TPSA) is 96.4 Å². The molecule has 32 heavy (non-hydrogen) atoms. The molecule has 9 heteroatoms. The summed E-state index contributed by atoms with van der Waals surface area (Å²) in [5.74, 6) is -2.63. The van der Waals surface area contributed by atoms with Gasteiger partial charge in [0.1, 0.15) is 11.6 Å². The Balaban J connectivity index is 2.09. The number of carbonyl (C=O) groups excluding carboxylic acids is 3. The van der Waals surface area contributed by atoms with Crippen LogP contribution in [0.4, 0.5) is 0 Å². The number of likely N-dealkylation sites (tertiary alicyclic amines) is 1. The van der Waals surface area contributed by atoms with Crippen molar-refractivity contribution in [1.82, 2.24) is 9.80 Å². The zero-order chi connectivity index (χ0) is 23.8. The maximum absolute atomic E-state index is 14.1. The molecule has 3 aliphatic rings. The number of hydrogen-bond donors (Lipinski definition) is 1. The van der Waals surface area contributed by atoms with Gasteiger partial charge in [0.05, 0.1) is 37.2 Å². The van der Waals surface area contributed by atoms with E-state index >= 15 is 0 Å². The number of nitrogens with zero attached hydrogens (tertiary/aromatic N) is 2. The largest absolute Gasteiger partial charge is 0.466 e. The molecule has 180 valence electrons. The molecule has 3 rings (SSSR count). The fraction of sp³-hybridized carbons (Fsp3) is 0.783. The molecule has 0 aromatic rings. The maximum atomic E-state index is 14.1. The predicted molar refractivity (Wildman–Crippen MR) is 122 cm³/mol. The molecule has 3 heterocycles. The van der Waals surface area contributed by atoms with Crippen LogP contribution in [0.2, 0.25) is 0 Å². The molecule has 0 aromatic carbocycles. The lowest BCUT2D eigenvalue weighted by atomic mass is 9.70. The predicted octanol–water partition coefficient (Wildman–Crippen LogP) is 1.88. The molecule has 2 unspecified atom stereocenters. The molecule has 0 aromatic heterocycles. The van der Waals surface area contributed by atoms with Crippen molar-refractivity contribution in [3.63, 3.8) is 0 Å². The Hall–Kier alpha value is -1.45. The fourth-order valence-electron chi connectivity index (χ4n) is 5.77. The molecule has 3 fully saturated rings. The Labute approximate surface area is 198 Å². The molecule has 1 N–H and O–H groups in total. The second kappa shape index (κ2) is 9.81. The normalized spacial score (nSPS) is 34.9. The van der Waals surface area contributed by atoms with E-state index in [0.717, 1.165) is 12.8 Å². The van der Waals surface area contributed by atoms with Gasteiger partial charge in [0.25, 0.3) is 0 Å². The van der Waals surface area contributed by atoms with Gasteiger partial charge in [-0.05, 0) is 33.6 Å². The summed E-state index contributed by atoms with van der Waals surface area (Å²) in [7, 11) is 0. The number of esters is 1. The van der Waals surface area contributed by atoms with Gasteiger partial charge in [-0.1, -0.05) is 35.4 Å². The third kappa shape index (κ3) is 3.80. The van der Waals surface area contributed by atoms with E-state index in [2.05, 4.69) is 29.4 Å². The van der Waals surface area contributed by atoms with Crippen LogP contribution in [0.15, 0.2) is 12.7 Å². The maximum Gasteiger partial charge on any atom is 0.312 e. The van der Waals surface area contributed by atoms with Crippen molar-refractivity contribution >= 4 is 33.7 Å². The standard InChI is InChI=1S/C23H35BrN2O6/c1-6-9-13(4)25(10-7-2)21(29)19-23-11-15(24)18(32-23)16(22(30)31-8-3)17(23)20(28)26(19)14(5)12-27/h7,13-19,27H,2,6,8-12H2,1,3-5H3/t13?,14-,15?,16-,17+,18-,19-,23+/m1/s1. The molecular formula is C23H35BrN2O6. The lowest BCUT2D eigenvalue weighted by Gasteiger charge is -2.40. The number of fused-ring (bicyclic) bond motifs is 1. The molecule has 3 saturated heterocycles. The highest BCUT2D eigenvalue weighted by Gasteiger charge is 2.77. The minimum atomic E-state index is -1.14. The summed E-state index contributed by atoms with van der Waals surface area (Å²) in [6.07, 6.45) is 3.29. The summed E-state index contributed by atoms with van der Waals surface area (Å²) in [6, 6.07) is -1.57. The molecule has 1 spiro atoms. The average Bonchev–Trinajstić information content (AvgIpc) is 3.34. The van der Waals surface area contributed by atoms with Crippen LogP contribution >= 0.6 is 15.9 Å². The smallest absolute Gasteiger partial charge is 0.312 e. The number of ether oxygens (including phenoxy) is 2. The van der Waals surface area contributed by atoms with Crippen molar-refractivity contribution in [2.24, 2.45) is 11.8 Å². The van der Waals surface area contributed by atoms with Crippen LogP contribution in [0.25, 0.3) is 0 Å². The summed E-state index contributed by atoms with van der Waals surface area (Å²) < 4.78 is 11.7. The van der Waals surface area contributed by atoms with Gasteiger partial charge >= 0.3 is 5.97 Å². The second-order valence-electron chi connectivity index (χ2n) is 9.11. The van der Waals surface area contributed by atoms with Crippen molar-refractivity contribution < 1.29 is 29.0 Å². The third-order valence-electron chi connectivity index (χ3n) is 7.11. The zero-order valence-electron chi connectivity index (χ0n) is 19.3. The Morgan fingerprint density at radius 1 is 1.44 bits per heavy atom. The number of aliphatic hydroxyl groups is 1. The van der Waals surface area contributed by atoms with Gasteiger partial charge in [-0.2, -0.15) is 0 Å². The number of amides is 2. The first-order chi connectivity index (χ1) is 15.2. The van der Waals surface area contributed by atoms with E-state index < -0.39 is 41.6 Å². The highest BCUT2D eigenvalue weighted by atomic mass is 79.9. The first-order valence-electron chi connectivity index (χ1n) is 11.5. The fourth-order valence-corrected chi connectivity index (χ4v) is 6.72. The van der Waals surface area contributed by atoms with Gasteiger partial charge in [0.15, 0.2) is 0 Å². The van der Waals surface area contributed by atoms with E-state index in [1.54, 1.807) is 24.8 Å². The number of alkyl halides is 1. The summed E-state index contributed by atoms with van der Waals surface area (Å²) >= 11 is 3.63. The van der Waals surface area contributed by atoms with E-state index in [1.807, 2.05) is 6.92 Å². The van der Waals surface area contributed by atoms with Gasteiger partial charge in [-0.25, -0.2) is 0 Å². The summed E-state index contributed by atoms with van der Waals surface area (Å²) in [6.45, 7) is 11.5. The molecular weight excluding hydrogens is 480 g/mol. The summed E-state index contributed by atoms with van der Waals surface area (Å²) in [4.78, 5) is 43.6. The monoisotopic (exact) mass is 514 g/mol. The lowest BCUT2D eigenvalue weighted by Crippen LogP contribution is -2.59. The number of hydrogen-bond acceptors (Lipinski definition) is 6. The van der Waals surface area contributed by atoms with E-state index in [9.17, 15) is 19.5 Å². The molecule has 0 aliphatic carbocycles. The van der Waals surface area contributed by atoms with E-state index in [1.165, 1.54) is 4.90 Å². The van der Waals surface area contributed by atoms with Crippen molar-refractivity contribution in [1.29, 1.82) is 0 Å². The van der Waals surface area contributed by atoms with Crippen LogP contribution in [0, 0.1) is 11.8 Å². The molecule has 3 aliphatic heterocycles. The third-order valence-corrected chi connectivity index (χ3v) is 7.95. The summed E-state index contributed by atoms with van der Waals surface area (Å²) in [5, 5.41) is 9.91. The van der Waals surface area contributed by atoms with Crippen molar-refractivity contribution in [3.05, 3.63) is 12.7 Å². The first kappa shape index (κ1) is 25.2. The highest BCUT2D eigenvalue weighted by molar-refractivity contribution is 9.09. The zero-order valence-corrected chi connectivity index (χ0v) is 20.9. The molecule has 8 atom stereocenters. The van der Waals surface area contributed by atoms with E-state index in [4.69, 9.17) is 9.47 Å². The quantitative estimate of drug-likeness (QED) is 0.271. The Morgan fingerprint density at radius 2 is 2.12 bits per heavy atom. The summed E-state index contributed by atoms with van der Waals surface area (Å²) in [5.41, 5.74) is -1.14. The van der Waals surface area contributed by atoms with Crippen LogP contribution in [-0.2, 0) is 23.9 Å². The van der Waals surface area contributed by atoms with Crippen LogP contribution in [0.1, 0.15) is 47.0 Å². The van der Waals surface area contributed by atoms with Gasteiger partial charge in [-0.3, -0.25) is 14.4 Å². The van der Waals surface area contributed by atoms with E-state index in [0.29, 0.717) is 13.0 Å². The molecule has 2 bridgehead atoms. The minimum absolute atomic E-state index is 0.0541. The van der Waals surface area contributed by atoms with Crippen molar-refractivity contribution in [3.8, 4) is 0 Å². The first-order valence-corrected chi connectivity index (χ1v) is 12.4. The molecule has 2 amide bonds. The number of aliphatic hydroxyl groups excluding tert-OH is 1. The number of halogens is 1. The average molecular weight is 515 g/mol. The SMILES string of the molecule is C=CCN(C(=O)[C@H]1N([C@H](C)CO)C(=O)[C@@H]2[C@@H](C(=O)OCC)[C@@H]3O[C@@]21CC3Br)C(C)CCC. The second-order valence-corrected chi connectivity index (χ2v) is 10.3. The van der Waals surface area contributed by atoms with Crippen molar-refractivity contribution in [2.45, 2.75) is 81.6 Å². The van der Waals surface area contributed by atoms with Crippen LogP contribution in [0.3, 0.4) is 0 Å². The molecule has 0 saturated carbocycles. The van der Waals surface area contributed by atoms with Gasteiger partial charge < -0.3 is 24.4 Å².